The third-order valence-corrected chi connectivity index (χ3v) is 25.3. The Morgan fingerprint density at radius 1 is 0.533 bits per heavy atom. The Morgan fingerprint density at radius 2 is 1.06 bits per heavy atom. The molecule has 0 saturated carbocycles. The van der Waals surface area contributed by atoms with Gasteiger partial charge in [0, 0.05) is 125 Å². The molecule has 3 aromatic heterocycles. The summed E-state index contributed by atoms with van der Waals surface area (Å²) in [5, 5.41) is 81.8. The zero-order valence-corrected chi connectivity index (χ0v) is 78.5. The number of primary amides is 2. The van der Waals surface area contributed by atoms with Crippen LogP contribution in [0.15, 0.2) is 97.7 Å². The zero-order chi connectivity index (χ0) is 100. The van der Waals surface area contributed by atoms with Crippen LogP contribution in [0.2, 0.25) is 0 Å². The predicted octanol–water partition coefficient (Wildman–Crippen LogP) is -3.96. The van der Waals surface area contributed by atoms with Gasteiger partial charge >= 0.3 is 0 Å². The van der Waals surface area contributed by atoms with Crippen LogP contribution in [0.5, 0.6) is 5.75 Å². The maximum Gasteiger partial charge on any atom is 0.246 e. The number of H-pyrrole nitrogens is 3. The first-order chi connectivity index (χ1) is 65.3. The van der Waals surface area contributed by atoms with Crippen LogP contribution in [0.25, 0.3) is 21.8 Å². The highest BCUT2D eigenvalue weighted by Gasteiger charge is 2.47. The number of para-hydroxylation sites is 2. The van der Waals surface area contributed by atoms with Crippen LogP contribution in [0.3, 0.4) is 0 Å². The molecule has 17 amide bonds. The number of carbonyl (C=O) groups is 17. The van der Waals surface area contributed by atoms with Crippen molar-refractivity contribution in [3.63, 3.8) is 0 Å². The minimum Gasteiger partial charge on any atom is -0.508 e. The van der Waals surface area contributed by atoms with Crippen molar-refractivity contribution in [3.8, 4) is 5.75 Å². The van der Waals surface area contributed by atoms with Crippen LogP contribution in [0.1, 0.15) is 134 Å². The monoisotopic (exact) mass is 1920 g/mol. The molecule has 3 fully saturated rings. The van der Waals surface area contributed by atoms with Gasteiger partial charge in [-0.3, -0.25) is 86.9 Å². The summed E-state index contributed by atoms with van der Waals surface area (Å²) in [4.78, 5) is 269. The lowest BCUT2D eigenvalue weighted by Crippen LogP contribution is -2.62. The van der Waals surface area contributed by atoms with Gasteiger partial charge in [-0.1, -0.05) is 102 Å². The van der Waals surface area contributed by atoms with E-state index in [0.717, 1.165) is 43.3 Å². The average molecular weight is 1930 g/mol. The molecule has 15 atom stereocenters. The number of fused-ring (bicyclic) bond motifs is 4. The second-order valence-corrected chi connectivity index (χ2v) is 36.0. The average Bonchev–Trinajstić information content (AvgIpc) is 1.71. The third kappa shape index (κ3) is 29.9. The minimum atomic E-state index is -1.91. The van der Waals surface area contributed by atoms with Gasteiger partial charge in [-0.05, 0) is 91.8 Å². The molecule has 3 aromatic carbocycles. The quantitative estimate of drug-likeness (QED) is 0.0133. The Hall–Kier alpha value is -13.8. The summed E-state index contributed by atoms with van der Waals surface area (Å²) < 4.78 is 0. The standard InChI is InChI=1S/C91H128N24O21S/c1-8-10-23-69-82(128)103-60(22-16-30-97-91(94)95)78(124)110-68(77(123)100-42-75(93)121)46-137-47-76(122)102-64(33-50-26-28-54(118)29-27-50)86(132)113(7)73(45-117)85(131)108-66(38-74(92)120)88(134)114-31-17-25-70(114)83(129)105-62(36-53-41-96-48-101-53)80(126)106-63(32-49(3)4)89(135)115-43-55(119)37-72(115)84(130)104-61(34-51-39-98-58-20-14-12-18-56(51)58)79(125)109-67(44-116)81(127)107-65(35-52-40-99-59-21-15-13-19-57(52)59)87(133)112(6)71(24-11-9-2)90(136)111(69)5/h12-15,18-21,26-29,39-41,48-49,55,60-73,98-99,116-119H,8-11,16-17,22-25,30-38,42-47H2,1-7H3,(H2,92,120)(H2,93,121)(H,96,101)(H,100,123)(H,102,122)(H,103,128)(H,104,130)(H,105,129)(H,106,126)(H,107,127)(H,108,131)(H,109,125)(H,110,124)(H4,94,95,97)/t55-,60+,61+,62+,63+,64+,65+,66+,67+,68?,69+,70+,71+,72+,73+/m1/s1. The number of likely N-dealkylation sites (N-methyl/N-ethyl adjacent to an activating group) is 3. The molecular formula is C91H128N24O21S. The van der Waals surface area contributed by atoms with Crippen LogP contribution in [-0.2, 0) is 107 Å². The highest BCUT2D eigenvalue weighted by molar-refractivity contribution is 8.00. The van der Waals surface area contributed by atoms with Gasteiger partial charge < -0.3 is 136 Å². The van der Waals surface area contributed by atoms with E-state index in [9.17, 15) is 63.6 Å². The Balaban J connectivity index is 1.11. The van der Waals surface area contributed by atoms with Crippen LogP contribution in [0.4, 0.5) is 0 Å². The molecule has 25 N–H and O–H groups in total. The topological polar surface area (TPSA) is 682 Å². The summed E-state index contributed by atoms with van der Waals surface area (Å²) in [6.45, 7) is 3.44. The van der Waals surface area contributed by atoms with Crippen molar-refractivity contribution in [2.24, 2.45) is 23.1 Å². The molecule has 46 heteroatoms. The van der Waals surface area contributed by atoms with Crippen LogP contribution < -0.4 is 75.7 Å². The number of nitrogens with two attached hydrogens (primary N) is 3. The second-order valence-electron chi connectivity index (χ2n) is 35.0. The Labute approximate surface area is 794 Å². The number of benzene rings is 3. The zero-order valence-electron chi connectivity index (χ0n) is 77.7. The molecule has 0 spiro atoms. The molecule has 6 heterocycles. The number of imidazole rings is 1. The van der Waals surface area contributed by atoms with Gasteiger partial charge in [0.15, 0.2) is 5.96 Å². The molecule has 9 rings (SSSR count). The number of phenolic OH excluding ortho intramolecular Hbond substituents is 1. The van der Waals surface area contributed by atoms with Crippen molar-refractivity contribution in [2.75, 3.05) is 72.0 Å². The summed E-state index contributed by atoms with van der Waals surface area (Å²) >= 11 is 0.725. The highest BCUT2D eigenvalue weighted by atomic mass is 32.2. The number of phenols is 1. The SMILES string of the molecule is CCCC[C@H]1C(=O)N(C)[C@@H](CCCC)C(=O)N[C@@H](CCCNC(=N)N)C(=O)NC(C(=O)NCC(N)=O)CSCC(=O)N[C@@H](Cc2ccc(O)cc2)C(=O)N(C)[C@@H](CO)C(=O)N[C@@H](CC(N)=O)C(=O)N2CCC[C@H]2C(=O)N[C@@H](Cc2cnc[nH]2)C(=O)N[C@@H](CC(C)C)C(=O)N2C[C@H](O)C[C@H]2C(=O)N[C@@H](Cc2c[nH]c3ccccc23)C(=O)N[C@@H](CO)C(=O)N[C@@H](Cc2c[nH]c3ccccc23)C(=O)N1C. The molecule has 3 aliphatic rings. The number of aromatic nitrogens is 4. The lowest BCUT2D eigenvalue weighted by atomic mass is 10.00. The number of aromatic amines is 3. The number of carbonyl (C=O) groups excluding carboxylic acids is 17. The molecular weight excluding hydrogens is 1800 g/mol. The number of hydrogen-bond donors (Lipinski definition) is 22. The van der Waals surface area contributed by atoms with Gasteiger partial charge in [0.25, 0.3) is 0 Å². The lowest BCUT2D eigenvalue weighted by molar-refractivity contribution is -0.149. The van der Waals surface area contributed by atoms with Crippen LogP contribution in [0, 0.1) is 11.3 Å². The van der Waals surface area contributed by atoms with Gasteiger partial charge in [0.1, 0.15) is 90.3 Å². The van der Waals surface area contributed by atoms with E-state index in [1.807, 2.05) is 13.8 Å². The Kier molecular flexibility index (Phi) is 40.0. The molecule has 3 saturated heterocycles. The number of amides is 17. The van der Waals surface area contributed by atoms with E-state index in [1.54, 1.807) is 74.8 Å². The number of aliphatic hydroxyl groups excluding tert-OH is 3. The number of nitrogens with one attached hydrogen (secondary N) is 15. The number of unbranched alkanes of at least 4 members (excludes halogenated alkanes) is 2. The molecule has 1 unspecified atom stereocenters. The normalized spacial score (nSPS) is 24.6. The fourth-order valence-corrected chi connectivity index (χ4v) is 17.8. The summed E-state index contributed by atoms with van der Waals surface area (Å²) in [5.74, 6) is -18.9. The number of hydrogen-bond acceptors (Lipinski definition) is 24. The van der Waals surface area contributed by atoms with Gasteiger partial charge in [-0.2, -0.15) is 0 Å². The largest absolute Gasteiger partial charge is 0.508 e. The smallest absolute Gasteiger partial charge is 0.246 e. The van der Waals surface area contributed by atoms with E-state index in [-0.39, 0.29) is 95.4 Å². The van der Waals surface area contributed by atoms with Gasteiger partial charge in [0.2, 0.25) is 100 Å². The van der Waals surface area contributed by atoms with Gasteiger partial charge in [0.05, 0.1) is 44.4 Å². The molecule has 45 nitrogen and oxygen atoms in total. The molecule has 0 aliphatic carbocycles. The first-order valence-electron chi connectivity index (χ1n) is 45.7. The number of guanidine groups is 1. The van der Waals surface area contributed by atoms with E-state index in [2.05, 4.69) is 78.4 Å². The van der Waals surface area contributed by atoms with Crippen molar-refractivity contribution in [1.29, 1.82) is 5.41 Å². The van der Waals surface area contributed by atoms with Crippen molar-refractivity contribution >= 4 is 140 Å². The minimum absolute atomic E-state index is 0.0190. The maximum atomic E-state index is 15.8. The summed E-state index contributed by atoms with van der Waals surface area (Å²) in [6.07, 6.45) is 3.20. The number of nitrogens with zero attached hydrogens (tertiary/aromatic N) is 6. The van der Waals surface area contributed by atoms with E-state index >= 15 is 38.4 Å². The van der Waals surface area contributed by atoms with E-state index in [0.29, 0.717) is 69.9 Å². The van der Waals surface area contributed by atoms with Gasteiger partial charge in [-0.25, -0.2) is 4.98 Å². The lowest BCUT2D eigenvalue weighted by Gasteiger charge is -2.36. The second kappa shape index (κ2) is 51.3. The first-order valence-corrected chi connectivity index (χ1v) is 46.9. The van der Waals surface area contributed by atoms with E-state index < -0.39 is 248 Å². The molecule has 137 heavy (non-hydrogen) atoms. The summed E-state index contributed by atoms with van der Waals surface area (Å²) in [6, 6.07) is -3.29. The maximum absolute atomic E-state index is 15.8. The van der Waals surface area contributed by atoms with Crippen molar-refractivity contribution in [1.82, 2.24) is 103 Å². The number of aliphatic hydroxyl groups is 3. The predicted molar refractivity (Wildman–Crippen MR) is 501 cm³/mol. The van der Waals surface area contributed by atoms with Crippen LogP contribution in [-0.4, -0.2) is 334 Å². The Morgan fingerprint density at radius 3 is 1.64 bits per heavy atom. The molecule has 0 bridgehead atoms. The fourth-order valence-electron chi connectivity index (χ4n) is 16.9. The molecule has 744 valence electrons. The number of aromatic hydroxyl groups is 1. The first kappa shape index (κ1) is 107. The number of thioether (sulfide) groups is 1. The van der Waals surface area contributed by atoms with Crippen LogP contribution >= 0.6 is 11.8 Å². The van der Waals surface area contributed by atoms with E-state index in [4.69, 9.17) is 22.6 Å². The Bertz CT molecular complexity index is 5270. The highest BCUT2D eigenvalue weighted by Crippen LogP contribution is 2.28. The number of rotatable bonds is 27. The molecule has 3 aliphatic heterocycles. The summed E-state index contributed by atoms with van der Waals surface area (Å²) in [7, 11) is 3.76. The van der Waals surface area contributed by atoms with Crippen molar-refractivity contribution < 1.29 is 102 Å². The van der Waals surface area contributed by atoms with Crippen molar-refractivity contribution in [2.45, 2.75) is 228 Å². The fraction of sp³-hybridized carbons (Fsp3) is 0.527. The van der Waals surface area contributed by atoms with E-state index in [1.165, 1.54) is 50.9 Å². The molecule has 6 aromatic rings. The van der Waals surface area contributed by atoms with Gasteiger partial charge in [-0.15, -0.1) is 11.8 Å². The van der Waals surface area contributed by atoms with Crippen molar-refractivity contribution in [3.05, 3.63) is 120 Å². The third-order valence-electron chi connectivity index (χ3n) is 24.3. The molecule has 0 radical (unpaired) electrons. The summed E-state index contributed by atoms with van der Waals surface area (Å²) in [5.41, 5.74) is 19.6.